The number of hydrogen-bond donors (Lipinski definition) is 2. The number of piperazine rings is 2. The van der Waals surface area contributed by atoms with Crippen LogP contribution in [-0.2, 0) is 20.9 Å². The lowest BCUT2D eigenvalue weighted by Gasteiger charge is -2.46. The van der Waals surface area contributed by atoms with Crippen molar-refractivity contribution in [1.82, 2.24) is 44.8 Å². The number of nitrogens with one attached hydrogen (secondary N) is 2. The molecule has 18 nitrogen and oxygen atoms in total. The summed E-state index contributed by atoms with van der Waals surface area (Å²) in [5.41, 5.74) is 3.85. The second-order valence-electron chi connectivity index (χ2n) is 19.2. The molecule has 5 aliphatic rings. The van der Waals surface area contributed by atoms with Gasteiger partial charge in [0, 0.05) is 126 Å². The summed E-state index contributed by atoms with van der Waals surface area (Å²) in [5.74, 6) is -1.69. The quantitative estimate of drug-likeness (QED) is 0.162. The van der Waals surface area contributed by atoms with Crippen LogP contribution < -0.4 is 25.2 Å². The molecule has 20 heteroatoms. The summed E-state index contributed by atoms with van der Waals surface area (Å²) in [6.07, 6.45) is 6.97. The van der Waals surface area contributed by atoms with Gasteiger partial charge in [0.15, 0.2) is 0 Å². The molecule has 0 radical (unpaired) electrons. The van der Waals surface area contributed by atoms with Gasteiger partial charge in [-0.05, 0) is 80.3 Å². The van der Waals surface area contributed by atoms with Gasteiger partial charge >= 0.3 is 0 Å². The fraction of sp³-hybridized carbons (Fsp3) is 0.423. The molecule has 10 rings (SSSR count). The minimum atomic E-state index is -0.795. The Morgan fingerprint density at radius 3 is 2.39 bits per heavy atom. The first-order valence-electron chi connectivity index (χ1n) is 24.7. The summed E-state index contributed by atoms with van der Waals surface area (Å²) >= 11 is 0. The number of nitrogens with zero attached hydrogens (tertiary/aromatic N) is 10. The smallest absolute Gasteiger partial charge is 0.255 e. The summed E-state index contributed by atoms with van der Waals surface area (Å²) in [6, 6.07) is 16.0. The van der Waals surface area contributed by atoms with Crippen molar-refractivity contribution in [3.63, 3.8) is 0 Å². The molecule has 0 saturated carbocycles. The predicted molar refractivity (Wildman–Crippen MR) is 261 cm³/mol. The van der Waals surface area contributed by atoms with Crippen LogP contribution in [0.3, 0.4) is 0 Å². The van der Waals surface area contributed by atoms with Gasteiger partial charge in [-0.1, -0.05) is 6.07 Å². The molecule has 2 N–H and O–H groups in total. The highest BCUT2D eigenvalue weighted by molar-refractivity contribution is 6.05. The molecule has 0 bridgehead atoms. The van der Waals surface area contributed by atoms with Crippen molar-refractivity contribution in [2.45, 2.75) is 57.2 Å². The average Bonchev–Trinajstić information content (AvgIpc) is 3.96. The van der Waals surface area contributed by atoms with E-state index in [-0.39, 0.29) is 29.7 Å². The summed E-state index contributed by atoms with van der Waals surface area (Å²) in [7, 11) is 0. The topological polar surface area (TPSA) is 192 Å². The lowest BCUT2D eigenvalue weighted by atomic mass is 9.86. The molecule has 8 heterocycles. The van der Waals surface area contributed by atoms with Crippen molar-refractivity contribution < 1.29 is 37.5 Å². The number of benzene rings is 2. The first-order valence-corrected chi connectivity index (χ1v) is 24.7. The molecule has 2 aromatic carbocycles. The number of pyridine rings is 2. The molecule has 1 atom stereocenters. The maximum atomic E-state index is 14.9. The molecular formula is C52H56F2N12O6. The van der Waals surface area contributed by atoms with Gasteiger partial charge in [-0.3, -0.25) is 34.2 Å². The van der Waals surface area contributed by atoms with Gasteiger partial charge in [0.05, 0.1) is 41.2 Å². The van der Waals surface area contributed by atoms with Crippen LogP contribution in [0.2, 0.25) is 0 Å². The molecule has 1 unspecified atom stereocenters. The van der Waals surface area contributed by atoms with E-state index in [0.29, 0.717) is 127 Å². The van der Waals surface area contributed by atoms with Gasteiger partial charge in [0.25, 0.3) is 11.8 Å². The van der Waals surface area contributed by atoms with Gasteiger partial charge in [-0.15, -0.1) is 0 Å². The summed E-state index contributed by atoms with van der Waals surface area (Å²) in [6.45, 7) is 10.0. The number of carbonyl (C=O) groups excluding carboxylic acids is 5. The number of anilines is 2. The van der Waals surface area contributed by atoms with Gasteiger partial charge in [-0.2, -0.15) is 10.4 Å². The van der Waals surface area contributed by atoms with Gasteiger partial charge < -0.3 is 34.6 Å². The van der Waals surface area contributed by atoms with E-state index in [1.165, 1.54) is 6.20 Å². The first-order chi connectivity index (χ1) is 34.9. The SMILES string of the molecule is CCOc1cc(-c2ccc(N3CCC(CN4CCN(CCC(=O)N5CCN(c6ccc7c(c6)C(=O)N(C6CCC(=O)NC6=O)C7)CC5)CC4)(NC(=O)c4cc(F)ccc4F)CC3)nc2)c2c(C#N)cnn2c1. The third-order valence-electron chi connectivity index (χ3n) is 14.8. The minimum Gasteiger partial charge on any atom is -0.492 e. The van der Waals surface area contributed by atoms with E-state index in [1.807, 2.05) is 48.2 Å². The lowest BCUT2D eigenvalue weighted by Crippen LogP contribution is -2.62. The van der Waals surface area contributed by atoms with Crippen LogP contribution >= 0.6 is 0 Å². The summed E-state index contributed by atoms with van der Waals surface area (Å²) in [4.78, 5) is 82.0. The Hall–Kier alpha value is -7.50. The number of amides is 5. The number of ether oxygens (including phenoxy) is 1. The van der Waals surface area contributed by atoms with Crippen LogP contribution in [0.15, 0.2) is 73.2 Å². The zero-order valence-electron chi connectivity index (χ0n) is 40.1. The number of imide groups is 1. The number of hydrogen-bond acceptors (Lipinski definition) is 13. The third kappa shape index (κ3) is 9.90. The Morgan fingerprint density at radius 2 is 1.67 bits per heavy atom. The van der Waals surface area contributed by atoms with Crippen LogP contribution in [0.25, 0.3) is 16.6 Å². The van der Waals surface area contributed by atoms with Gasteiger partial charge in [-0.25, -0.2) is 18.3 Å². The van der Waals surface area contributed by atoms with Crippen LogP contribution in [0.5, 0.6) is 5.75 Å². The number of aromatic nitrogens is 3. The normalized spacial score (nSPS) is 19.6. The Bertz CT molecular complexity index is 2950. The van der Waals surface area contributed by atoms with E-state index in [4.69, 9.17) is 9.72 Å². The third-order valence-corrected chi connectivity index (χ3v) is 14.8. The zero-order valence-corrected chi connectivity index (χ0v) is 40.1. The zero-order chi connectivity index (χ0) is 50.1. The second-order valence-corrected chi connectivity index (χ2v) is 19.2. The fourth-order valence-corrected chi connectivity index (χ4v) is 10.8. The molecule has 0 aliphatic carbocycles. The van der Waals surface area contributed by atoms with Crippen molar-refractivity contribution in [2.24, 2.45) is 0 Å². The second kappa shape index (κ2) is 20.3. The van der Waals surface area contributed by atoms with E-state index in [2.05, 4.69) is 41.4 Å². The molecule has 3 aromatic heterocycles. The number of carbonyl (C=O) groups is 5. The molecule has 5 aromatic rings. The van der Waals surface area contributed by atoms with Crippen molar-refractivity contribution in [1.29, 1.82) is 5.26 Å². The highest BCUT2D eigenvalue weighted by Crippen LogP contribution is 2.34. The highest BCUT2D eigenvalue weighted by Gasteiger charge is 2.41. The number of nitriles is 1. The molecule has 4 saturated heterocycles. The molecule has 72 heavy (non-hydrogen) atoms. The summed E-state index contributed by atoms with van der Waals surface area (Å²) in [5, 5.41) is 19.6. The van der Waals surface area contributed by atoms with Gasteiger partial charge in [0.2, 0.25) is 17.7 Å². The lowest BCUT2D eigenvalue weighted by molar-refractivity contribution is -0.137. The van der Waals surface area contributed by atoms with E-state index in [1.54, 1.807) is 21.8 Å². The maximum absolute atomic E-state index is 14.9. The van der Waals surface area contributed by atoms with E-state index >= 15 is 0 Å². The van der Waals surface area contributed by atoms with Crippen LogP contribution in [-0.4, -0.2) is 160 Å². The minimum absolute atomic E-state index is 0.0859. The number of halogens is 2. The monoisotopic (exact) mass is 982 g/mol. The van der Waals surface area contributed by atoms with Crippen LogP contribution in [0.4, 0.5) is 20.3 Å². The maximum Gasteiger partial charge on any atom is 0.255 e. The van der Waals surface area contributed by atoms with Crippen molar-refractivity contribution in [3.05, 3.63) is 107 Å². The molecule has 374 valence electrons. The Labute approximate surface area is 415 Å². The Morgan fingerprint density at radius 1 is 0.889 bits per heavy atom. The Kier molecular flexibility index (Phi) is 13.6. The summed E-state index contributed by atoms with van der Waals surface area (Å²) < 4.78 is 36.6. The van der Waals surface area contributed by atoms with Crippen molar-refractivity contribution in [2.75, 3.05) is 94.9 Å². The van der Waals surface area contributed by atoms with E-state index < -0.39 is 35.0 Å². The average molecular weight is 983 g/mol. The van der Waals surface area contributed by atoms with Crippen molar-refractivity contribution in [3.8, 4) is 22.9 Å². The highest BCUT2D eigenvalue weighted by atomic mass is 19.1. The molecule has 5 aliphatic heterocycles. The van der Waals surface area contributed by atoms with E-state index in [9.17, 15) is 38.0 Å². The van der Waals surface area contributed by atoms with Crippen LogP contribution in [0.1, 0.15) is 70.9 Å². The van der Waals surface area contributed by atoms with E-state index in [0.717, 1.165) is 59.5 Å². The van der Waals surface area contributed by atoms with Crippen LogP contribution in [0, 0.1) is 23.0 Å². The molecule has 5 amide bonds. The standard InChI is InChI=1S/C52H56F2N12O6/c1-2-72-39-27-40(48-36(28-55)30-57-66(48)32-39)34-4-9-45(56-29-34)63-15-12-52(13-16-63,59-49(69)42-25-37(53)5-7-43(42)54)33-61-19-17-60(18-20-61)14-11-47(68)64-23-21-62(22-24-64)38-6-3-35-31-65(51(71)41(35)26-38)44-8-10-46(67)58-50(44)70/h3-7,9,25-27,29-30,32,44H,2,8,10-24,31,33H2,1H3,(H,59,69)(H,58,67,70). The molecule has 0 spiro atoms. The molecule has 4 fully saturated rings. The number of piperidine rings is 2. The molecular weight excluding hydrogens is 927 g/mol. The van der Waals surface area contributed by atoms with Gasteiger partial charge in [0.1, 0.15) is 35.3 Å². The predicted octanol–water partition coefficient (Wildman–Crippen LogP) is 3.83. The number of fused-ring (bicyclic) bond motifs is 2. The largest absolute Gasteiger partial charge is 0.492 e. The fourth-order valence-electron chi connectivity index (χ4n) is 10.8. The Balaban J connectivity index is 0.728. The number of rotatable bonds is 13. The van der Waals surface area contributed by atoms with Crippen molar-refractivity contribution >= 4 is 46.6 Å². The first kappa shape index (κ1) is 48.1.